The van der Waals surface area contributed by atoms with Crippen molar-refractivity contribution in [2.45, 2.75) is 0 Å². The number of hydrogen-bond donors (Lipinski definition) is 0. The van der Waals surface area contributed by atoms with Crippen molar-refractivity contribution < 1.29 is 0 Å². The van der Waals surface area contributed by atoms with Gasteiger partial charge in [-0.15, -0.1) is 0 Å². The summed E-state index contributed by atoms with van der Waals surface area (Å²) in [4.78, 5) is 0. The van der Waals surface area contributed by atoms with Gasteiger partial charge in [-0.25, -0.2) is 0 Å². The lowest BCUT2D eigenvalue weighted by atomic mass is 9.84. The minimum atomic E-state index is 0.534. The molecule has 3 nitrogen and oxygen atoms in total. The molecule has 1 saturated heterocycles. The molecule has 0 aliphatic carbocycles. The van der Waals surface area contributed by atoms with Gasteiger partial charge in [0.1, 0.15) is 0 Å². The topological polar surface area (TPSA) is 9.72 Å². The largest absolute Gasteiger partial charge is 0.300 e. The summed E-state index contributed by atoms with van der Waals surface area (Å²) in [6.45, 7) is 0. The minimum absolute atomic E-state index is 0.534. The van der Waals surface area contributed by atoms with E-state index in [9.17, 15) is 0 Å². The van der Waals surface area contributed by atoms with Gasteiger partial charge in [0, 0.05) is 0 Å². The van der Waals surface area contributed by atoms with Crippen LogP contribution in [0.4, 0.5) is 0 Å². The van der Waals surface area contributed by atoms with Crippen LogP contribution in [0.1, 0.15) is 0 Å². The molecule has 9 heavy (non-hydrogen) atoms. The Balaban J connectivity index is 2.34. The van der Waals surface area contributed by atoms with Crippen molar-refractivity contribution >= 4 is 58.0 Å². The van der Waals surface area contributed by atoms with Crippen molar-refractivity contribution in [3.05, 3.63) is 0 Å². The average molecular weight is 184 g/mol. The van der Waals surface area contributed by atoms with Crippen LogP contribution in [0.5, 0.6) is 0 Å². The van der Waals surface area contributed by atoms with Crippen molar-refractivity contribution in [3.63, 3.8) is 0 Å². The van der Waals surface area contributed by atoms with E-state index in [1.165, 1.54) is 12.7 Å². The number of hydrogen-bond acceptors (Lipinski definition) is 3. The van der Waals surface area contributed by atoms with E-state index in [0.29, 0.717) is 22.6 Å². The molecule has 1 heterocycles. The van der Waals surface area contributed by atoms with Crippen LogP contribution in [0, 0.1) is 0 Å². The van der Waals surface area contributed by atoms with Gasteiger partial charge in [-0.1, -0.05) is 0 Å². The van der Waals surface area contributed by atoms with E-state index < -0.39 is 0 Å². The van der Waals surface area contributed by atoms with Gasteiger partial charge in [0.15, 0.2) is 0 Å². The lowest BCUT2D eigenvalue weighted by Gasteiger charge is -2.27. The second kappa shape index (κ2) is 3.37. The third-order valence-corrected chi connectivity index (χ3v) is 1.56. The zero-order valence-corrected chi connectivity index (χ0v) is 6.86. The predicted molar refractivity (Wildman–Crippen MR) is 44.5 cm³/mol. The first-order valence-corrected chi connectivity index (χ1v) is 3.42. The van der Waals surface area contributed by atoms with Crippen LogP contribution in [0.15, 0.2) is 0 Å². The van der Waals surface area contributed by atoms with E-state index in [0.717, 1.165) is 0 Å². The van der Waals surface area contributed by atoms with Gasteiger partial charge in [-0.2, -0.15) is 0 Å². The van der Waals surface area contributed by atoms with Gasteiger partial charge in [-0.3, -0.25) is 12.7 Å². The molecule has 0 radical (unpaired) electrons. The van der Waals surface area contributed by atoms with Gasteiger partial charge < -0.3 is 0 Å². The van der Waals surface area contributed by atoms with Crippen LogP contribution in [0.25, 0.3) is 0 Å². The third-order valence-electron chi connectivity index (χ3n) is 0.921. The maximum absolute atomic E-state index is 5.59. The van der Waals surface area contributed by atoms with Gasteiger partial charge >= 0.3 is 0 Å². The molecule has 0 spiro atoms. The van der Waals surface area contributed by atoms with Gasteiger partial charge in [0.2, 0.25) is 0 Å². The number of rotatable bonds is 0. The predicted octanol–water partition coefficient (Wildman–Crippen LogP) is -0.833. The van der Waals surface area contributed by atoms with E-state index in [4.69, 9.17) is 35.3 Å². The summed E-state index contributed by atoms with van der Waals surface area (Å²) in [7, 11) is 1.60. The maximum atomic E-state index is 5.59. The highest BCUT2D eigenvalue weighted by Crippen LogP contribution is 2.06. The van der Waals surface area contributed by atoms with Crippen LogP contribution >= 0.6 is 35.3 Å². The molecule has 1 aliphatic rings. The molecule has 0 N–H and O–H groups in total. The Hall–Kier alpha value is 0.945. The summed E-state index contributed by atoms with van der Waals surface area (Å²) >= 11 is 16.8. The molecule has 1 fully saturated rings. The van der Waals surface area contributed by atoms with Crippen molar-refractivity contribution in [3.8, 4) is 0 Å². The Kier molecular flexibility index (Phi) is 3.01. The van der Waals surface area contributed by atoms with Crippen molar-refractivity contribution in [1.29, 1.82) is 0 Å². The van der Waals surface area contributed by atoms with Crippen molar-refractivity contribution in [2.24, 2.45) is 0 Å². The maximum Gasteiger partial charge on any atom is 0.300 e. The molecule has 0 aromatic heterocycles. The summed E-state index contributed by atoms with van der Waals surface area (Å²) in [5.41, 5.74) is 0. The van der Waals surface area contributed by atoms with Gasteiger partial charge in [0.05, 0.1) is 0 Å². The van der Waals surface area contributed by atoms with E-state index >= 15 is 0 Å². The zero-order chi connectivity index (χ0) is 6.85. The molecule has 1 aliphatic heterocycles. The normalized spacial score (nSPS) is 24.3. The Labute approximate surface area is 71.0 Å². The molecule has 1 rings (SSSR count). The molecule has 48 valence electrons. The lowest BCUT2D eigenvalue weighted by molar-refractivity contribution is 0.829. The monoisotopic (exact) mass is 183 g/mol. The summed E-state index contributed by atoms with van der Waals surface area (Å²) in [5.74, 6) is 0. The quantitative estimate of drug-likeness (QED) is 0.359. The fourth-order valence-electron chi connectivity index (χ4n) is 0.634. The van der Waals surface area contributed by atoms with Crippen molar-refractivity contribution in [1.82, 2.24) is 12.7 Å². The Morgan fingerprint density at radius 1 is 0.667 bits per heavy atom. The summed E-state index contributed by atoms with van der Waals surface area (Å²) < 4.78 is 4.47. The highest BCUT2D eigenvalue weighted by Gasteiger charge is 2.24. The molecule has 0 aromatic carbocycles. The summed E-state index contributed by atoms with van der Waals surface area (Å²) in [6.07, 6.45) is 0. The van der Waals surface area contributed by atoms with Crippen LogP contribution in [-0.2, 0) is 0 Å². The Bertz CT molecular complexity index is 75.3. The molecule has 9 heteroatoms. The first-order chi connectivity index (χ1) is 4.18. The van der Waals surface area contributed by atoms with Gasteiger partial charge in [0.25, 0.3) is 22.6 Å². The van der Waals surface area contributed by atoms with E-state index in [1.54, 1.807) is 0 Å². The fourth-order valence-corrected chi connectivity index (χ4v) is 1.57. The molecule has 0 aromatic rings. The van der Waals surface area contributed by atoms with Crippen LogP contribution < -0.4 is 0 Å². The van der Waals surface area contributed by atoms with Gasteiger partial charge in [-0.05, 0) is 35.3 Å². The highest BCUT2D eigenvalue weighted by atomic mass is 35.5. The van der Waals surface area contributed by atoms with Crippen LogP contribution in [-0.4, -0.2) is 35.4 Å². The lowest BCUT2D eigenvalue weighted by Crippen LogP contribution is -2.51. The molecule has 0 bridgehead atoms. The molecular formula is H3B3Cl3N3. The first-order valence-electron chi connectivity index (χ1n) is 2.40. The van der Waals surface area contributed by atoms with Crippen molar-refractivity contribution in [2.75, 3.05) is 0 Å². The molecule has 0 amide bonds. The van der Waals surface area contributed by atoms with E-state index in [-0.39, 0.29) is 0 Å². The Morgan fingerprint density at radius 2 is 0.889 bits per heavy atom. The second-order valence-electron chi connectivity index (χ2n) is 1.81. The number of halogens is 3. The molecule has 0 atom stereocenters. The molecule has 0 unspecified atom stereocenters. The zero-order valence-electron chi connectivity index (χ0n) is 4.60. The Morgan fingerprint density at radius 3 is 1.11 bits per heavy atom. The first kappa shape index (κ1) is 8.05. The van der Waals surface area contributed by atoms with Crippen LogP contribution in [0.2, 0.25) is 0 Å². The fraction of sp³-hybridized carbons (Fsp3) is 0. The minimum Gasteiger partial charge on any atom is -0.273 e. The van der Waals surface area contributed by atoms with E-state index in [2.05, 4.69) is 0 Å². The standard InChI is InChI=1S/B3Cl3H3N3/c4-7-1-8(5)3-9(6)2-7/h1-3H. The molecule has 0 saturated carbocycles. The second-order valence-corrected chi connectivity index (χ2v) is 3.25. The smallest absolute Gasteiger partial charge is 0.273 e. The third kappa shape index (κ3) is 2.57. The summed E-state index contributed by atoms with van der Waals surface area (Å²) in [6, 6.07) is 0. The highest BCUT2D eigenvalue weighted by molar-refractivity contribution is 6.79. The van der Waals surface area contributed by atoms with Crippen LogP contribution in [0.3, 0.4) is 0 Å². The SMILES string of the molecule is ClN1BN(Cl)BN(Cl)B1. The van der Waals surface area contributed by atoms with E-state index in [1.807, 2.05) is 0 Å². The summed E-state index contributed by atoms with van der Waals surface area (Å²) in [5, 5.41) is 0. The number of nitrogens with zero attached hydrogens (tertiary/aromatic N) is 3. The average Bonchev–Trinajstić information content (AvgIpc) is 1.59. The molecular weight excluding hydrogens is 181 g/mol.